The highest BCUT2D eigenvalue weighted by atomic mass is 16.3. The van der Waals surface area contributed by atoms with Crippen LogP contribution in [0.25, 0.3) is 0 Å². The maximum Gasteiger partial charge on any atom is 0.122 e. The topological polar surface area (TPSA) is 20.2 Å². The van der Waals surface area contributed by atoms with Gasteiger partial charge in [0.1, 0.15) is 5.75 Å². The molecule has 1 heteroatoms. The summed E-state index contributed by atoms with van der Waals surface area (Å²) in [7, 11) is 0. The Morgan fingerprint density at radius 1 is 1.31 bits per heavy atom. The summed E-state index contributed by atoms with van der Waals surface area (Å²) >= 11 is 0. The van der Waals surface area contributed by atoms with E-state index in [1.54, 1.807) is 0 Å². The minimum absolute atomic E-state index is 0.378. The molecule has 16 heavy (non-hydrogen) atoms. The van der Waals surface area contributed by atoms with Crippen LogP contribution in [0.2, 0.25) is 0 Å². The summed E-state index contributed by atoms with van der Waals surface area (Å²) in [6, 6.07) is 6.05. The van der Waals surface area contributed by atoms with Crippen molar-refractivity contribution in [1.29, 1.82) is 0 Å². The number of phenolic OH excluding ortho intramolecular Hbond substituents is 1. The van der Waals surface area contributed by atoms with Gasteiger partial charge in [-0.15, -0.1) is 0 Å². The number of benzene rings is 1. The monoisotopic (exact) mass is 218 g/mol. The van der Waals surface area contributed by atoms with Crippen molar-refractivity contribution < 1.29 is 5.11 Å². The van der Waals surface area contributed by atoms with Crippen molar-refractivity contribution in [2.45, 2.75) is 46.5 Å². The molecule has 0 saturated carbocycles. The Morgan fingerprint density at radius 2 is 2.00 bits per heavy atom. The third-order valence-corrected chi connectivity index (χ3v) is 2.74. The van der Waals surface area contributed by atoms with Gasteiger partial charge >= 0.3 is 0 Å². The van der Waals surface area contributed by atoms with Gasteiger partial charge in [-0.05, 0) is 43.7 Å². The molecule has 0 aliphatic heterocycles. The van der Waals surface area contributed by atoms with Gasteiger partial charge in [0, 0.05) is 0 Å². The molecule has 1 nitrogen and oxygen atoms in total. The van der Waals surface area contributed by atoms with E-state index in [-0.39, 0.29) is 0 Å². The summed E-state index contributed by atoms with van der Waals surface area (Å²) in [6.45, 7) is 8.42. The summed E-state index contributed by atoms with van der Waals surface area (Å²) < 4.78 is 0. The molecule has 1 aromatic rings. The van der Waals surface area contributed by atoms with Crippen molar-refractivity contribution in [3.05, 3.63) is 41.0 Å². The van der Waals surface area contributed by atoms with Crippen LogP contribution >= 0.6 is 0 Å². The summed E-state index contributed by atoms with van der Waals surface area (Å²) in [6.07, 6.45) is 4.12. The van der Waals surface area contributed by atoms with Crippen molar-refractivity contribution in [1.82, 2.24) is 0 Å². The molecule has 0 spiro atoms. The highest BCUT2D eigenvalue weighted by molar-refractivity contribution is 5.42. The Morgan fingerprint density at radius 3 is 2.56 bits per heavy atom. The first kappa shape index (κ1) is 12.8. The smallest absolute Gasteiger partial charge is 0.122 e. The summed E-state index contributed by atoms with van der Waals surface area (Å²) in [5.41, 5.74) is 3.44. The van der Waals surface area contributed by atoms with E-state index in [0.29, 0.717) is 11.7 Å². The maximum absolute atomic E-state index is 10.1. The van der Waals surface area contributed by atoms with Crippen LogP contribution in [0.4, 0.5) is 0 Å². The van der Waals surface area contributed by atoms with Crippen molar-refractivity contribution >= 4 is 0 Å². The number of aromatic hydroxyl groups is 1. The van der Waals surface area contributed by atoms with Crippen molar-refractivity contribution in [3.8, 4) is 5.75 Å². The lowest BCUT2D eigenvalue weighted by molar-refractivity contribution is 0.457. The molecule has 0 saturated heterocycles. The van der Waals surface area contributed by atoms with Gasteiger partial charge in [0.2, 0.25) is 0 Å². The van der Waals surface area contributed by atoms with Crippen LogP contribution < -0.4 is 0 Å². The molecule has 0 aliphatic carbocycles. The second-order valence-electron chi connectivity index (χ2n) is 4.83. The quantitative estimate of drug-likeness (QED) is 0.742. The molecule has 88 valence electrons. The van der Waals surface area contributed by atoms with Crippen LogP contribution in [0, 0.1) is 0 Å². The molecule has 0 aliphatic rings. The first-order chi connectivity index (χ1) is 7.52. The van der Waals surface area contributed by atoms with Crippen LogP contribution in [0.15, 0.2) is 29.8 Å². The minimum Gasteiger partial charge on any atom is -0.507 e. The zero-order valence-corrected chi connectivity index (χ0v) is 10.7. The van der Waals surface area contributed by atoms with Crippen molar-refractivity contribution in [3.63, 3.8) is 0 Å². The van der Waals surface area contributed by atoms with Gasteiger partial charge in [0.15, 0.2) is 0 Å². The summed E-state index contributed by atoms with van der Waals surface area (Å²) in [4.78, 5) is 0. The van der Waals surface area contributed by atoms with Crippen molar-refractivity contribution in [2.75, 3.05) is 0 Å². The van der Waals surface area contributed by atoms with Gasteiger partial charge in [-0.25, -0.2) is 0 Å². The molecule has 1 rings (SSSR count). The highest BCUT2D eigenvalue weighted by Gasteiger charge is 2.08. The van der Waals surface area contributed by atoms with Gasteiger partial charge in [-0.3, -0.25) is 0 Å². The lowest BCUT2D eigenvalue weighted by atomic mass is 9.97. The van der Waals surface area contributed by atoms with E-state index in [2.05, 4.69) is 33.8 Å². The molecule has 1 N–H and O–H groups in total. The summed E-state index contributed by atoms with van der Waals surface area (Å²) in [5, 5.41) is 10.1. The van der Waals surface area contributed by atoms with Crippen LogP contribution in [0.3, 0.4) is 0 Å². The fraction of sp³-hybridized carbons (Fsp3) is 0.467. The van der Waals surface area contributed by atoms with E-state index in [1.165, 1.54) is 5.57 Å². The van der Waals surface area contributed by atoms with E-state index in [9.17, 15) is 5.11 Å². The number of hydrogen-bond acceptors (Lipinski definition) is 1. The average Bonchev–Trinajstić information content (AvgIpc) is 2.19. The molecule has 0 bridgehead atoms. The fourth-order valence-corrected chi connectivity index (χ4v) is 1.80. The third kappa shape index (κ3) is 3.41. The molecule has 1 aromatic carbocycles. The van der Waals surface area contributed by atoms with Crippen LogP contribution in [-0.4, -0.2) is 5.11 Å². The first-order valence-electron chi connectivity index (χ1n) is 5.96. The van der Waals surface area contributed by atoms with Crippen LogP contribution in [-0.2, 0) is 6.42 Å². The molecule has 0 radical (unpaired) electrons. The van der Waals surface area contributed by atoms with Crippen LogP contribution in [0.5, 0.6) is 5.75 Å². The van der Waals surface area contributed by atoms with E-state index in [1.807, 2.05) is 18.2 Å². The largest absolute Gasteiger partial charge is 0.507 e. The molecule has 0 aromatic heterocycles. The van der Waals surface area contributed by atoms with Gasteiger partial charge in [0.25, 0.3) is 0 Å². The predicted octanol–water partition coefficient (Wildman–Crippen LogP) is 4.41. The molecule has 0 heterocycles. The van der Waals surface area contributed by atoms with Gasteiger partial charge in [0.05, 0.1) is 0 Å². The van der Waals surface area contributed by atoms with E-state index in [0.717, 1.165) is 24.0 Å². The zero-order valence-electron chi connectivity index (χ0n) is 10.7. The molecule has 0 amide bonds. The number of phenols is 1. The number of hydrogen-bond donors (Lipinski definition) is 1. The molecular formula is C15H22O. The summed E-state index contributed by atoms with van der Waals surface area (Å²) in [5.74, 6) is 0.864. The fourth-order valence-electron chi connectivity index (χ4n) is 1.80. The minimum atomic E-state index is 0.378. The van der Waals surface area contributed by atoms with Gasteiger partial charge < -0.3 is 5.11 Å². The predicted molar refractivity (Wildman–Crippen MR) is 69.9 cm³/mol. The standard InChI is InChI=1S/C15H22O/c1-11(2)7-5-8-13-9-6-10-14(12(3)4)15(13)16/h6-7,9-10,12,16H,5,8H2,1-4H3. The number of aryl methyl sites for hydroxylation is 1. The lowest BCUT2D eigenvalue weighted by Crippen LogP contribution is -1.93. The third-order valence-electron chi connectivity index (χ3n) is 2.74. The second kappa shape index (κ2) is 5.74. The van der Waals surface area contributed by atoms with Gasteiger partial charge in [-0.1, -0.05) is 43.7 Å². The molecule has 0 fully saturated rings. The normalized spacial score (nSPS) is 10.6. The Hall–Kier alpha value is -1.24. The first-order valence-corrected chi connectivity index (χ1v) is 5.96. The Bertz CT molecular complexity index is 371. The Balaban J connectivity index is 2.81. The number of para-hydroxylation sites is 1. The van der Waals surface area contributed by atoms with Crippen LogP contribution in [0.1, 0.15) is 51.2 Å². The molecular weight excluding hydrogens is 196 g/mol. The SMILES string of the molecule is CC(C)=CCCc1cccc(C(C)C)c1O. The number of rotatable bonds is 4. The molecule has 0 unspecified atom stereocenters. The van der Waals surface area contributed by atoms with Gasteiger partial charge in [-0.2, -0.15) is 0 Å². The Labute approximate surface area is 98.8 Å². The van der Waals surface area contributed by atoms with E-state index >= 15 is 0 Å². The Kier molecular flexibility index (Phi) is 4.60. The maximum atomic E-state index is 10.1. The second-order valence-corrected chi connectivity index (χ2v) is 4.83. The molecule has 0 atom stereocenters. The van der Waals surface area contributed by atoms with Crippen molar-refractivity contribution in [2.24, 2.45) is 0 Å². The lowest BCUT2D eigenvalue weighted by Gasteiger charge is -2.11. The van der Waals surface area contributed by atoms with E-state index in [4.69, 9.17) is 0 Å². The average molecular weight is 218 g/mol. The highest BCUT2D eigenvalue weighted by Crippen LogP contribution is 2.29. The van der Waals surface area contributed by atoms with E-state index < -0.39 is 0 Å². The number of allylic oxidation sites excluding steroid dienone is 2. The zero-order chi connectivity index (χ0) is 12.1.